The van der Waals surface area contributed by atoms with E-state index < -0.39 is 0 Å². The number of H-pyrrole nitrogens is 1. The fourth-order valence-corrected chi connectivity index (χ4v) is 2.97. The van der Waals surface area contributed by atoms with Crippen LogP contribution in [0.5, 0.6) is 5.75 Å². The second kappa shape index (κ2) is 5.64. The third-order valence-electron chi connectivity index (χ3n) is 4.02. The van der Waals surface area contributed by atoms with Crippen molar-refractivity contribution < 1.29 is 4.74 Å². The van der Waals surface area contributed by atoms with E-state index in [9.17, 15) is 4.79 Å². The van der Waals surface area contributed by atoms with Gasteiger partial charge < -0.3 is 15.0 Å². The van der Waals surface area contributed by atoms with Gasteiger partial charge in [-0.15, -0.1) is 0 Å². The Bertz CT molecular complexity index is 706. The number of pyridine rings is 1. The fraction of sp³-hybridized carbons (Fsp3) is 0.353. The van der Waals surface area contributed by atoms with Crippen molar-refractivity contribution in [3.8, 4) is 5.75 Å². The standard InChI is InChI=1S/C17H20N2O2/c1-11-6-8-16(21-2)15(10-11)18-13-4-3-5-14-12(13)7-9-17(20)19-14/h6-10,13,18H,3-5H2,1-2H3,(H,19,20). The van der Waals surface area contributed by atoms with Crippen LogP contribution in [0.1, 0.15) is 35.7 Å². The summed E-state index contributed by atoms with van der Waals surface area (Å²) >= 11 is 0. The number of rotatable bonds is 3. The highest BCUT2D eigenvalue weighted by Crippen LogP contribution is 2.34. The van der Waals surface area contributed by atoms with E-state index in [4.69, 9.17) is 4.74 Å². The number of methoxy groups -OCH3 is 1. The van der Waals surface area contributed by atoms with Gasteiger partial charge in [0.2, 0.25) is 5.56 Å². The predicted octanol–water partition coefficient (Wildman–Crippen LogP) is 3.18. The van der Waals surface area contributed by atoms with Gasteiger partial charge in [0.1, 0.15) is 5.75 Å². The first kappa shape index (κ1) is 13.7. The van der Waals surface area contributed by atoms with Gasteiger partial charge in [-0.2, -0.15) is 0 Å². The van der Waals surface area contributed by atoms with Gasteiger partial charge in [0, 0.05) is 11.8 Å². The van der Waals surface area contributed by atoms with Crippen molar-refractivity contribution in [3.05, 3.63) is 57.5 Å². The molecule has 1 aliphatic carbocycles. The maximum Gasteiger partial charge on any atom is 0.248 e. The summed E-state index contributed by atoms with van der Waals surface area (Å²) in [6.45, 7) is 2.07. The van der Waals surface area contributed by atoms with Crippen molar-refractivity contribution in [2.24, 2.45) is 0 Å². The Morgan fingerprint density at radius 2 is 2.14 bits per heavy atom. The SMILES string of the molecule is COc1ccc(C)cc1NC1CCCc2[nH]c(=O)ccc21. The van der Waals surface area contributed by atoms with Gasteiger partial charge in [0.25, 0.3) is 0 Å². The van der Waals surface area contributed by atoms with Gasteiger partial charge >= 0.3 is 0 Å². The van der Waals surface area contributed by atoms with E-state index in [2.05, 4.69) is 23.3 Å². The molecule has 4 nitrogen and oxygen atoms in total. The summed E-state index contributed by atoms with van der Waals surface area (Å²) in [5.41, 5.74) is 4.40. The van der Waals surface area contributed by atoms with Crippen LogP contribution in [-0.4, -0.2) is 12.1 Å². The highest BCUT2D eigenvalue weighted by atomic mass is 16.5. The van der Waals surface area contributed by atoms with E-state index in [1.165, 1.54) is 11.1 Å². The Balaban J connectivity index is 1.93. The number of ether oxygens (including phenoxy) is 1. The van der Waals surface area contributed by atoms with Gasteiger partial charge in [-0.1, -0.05) is 6.07 Å². The average Bonchev–Trinajstić information content (AvgIpc) is 2.47. The highest BCUT2D eigenvalue weighted by Gasteiger charge is 2.21. The van der Waals surface area contributed by atoms with Crippen LogP contribution in [0.15, 0.2) is 35.1 Å². The molecule has 1 heterocycles. The Morgan fingerprint density at radius 3 is 2.95 bits per heavy atom. The average molecular weight is 284 g/mol. The Kier molecular flexibility index (Phi) is 3.69. The molecule has 3 rings (SSSR count). The first-order valence-corrected chi connectivity index (χ1v) is 7.30. The van der Waals surface area contributed by atoms with Crippen molar-refractivity contribution >= 4 is 5.69 Å². The van der Waals surface area contributed by atoms with Crippen molar-refractivity contribution in [2.75, 3.05) is 12.4 Å². The Hall–Kier alpha value is -2.23. The summed E-state index contributed by atoms with van der Waals surface area (Å²) in [7, 11) is 1.68. The molecule has 4 heteroatoms. The van der Waals surface area contributed by atoms with E-state index in [1.54, 1.807) is 13.2 Å². The minimum Gasteiger partial charge on any atom is -0.495 e. The number of hydrogen-bond acceptors (Lipinski definition) is 3. The largest absolute Gasteiger partial charge is 0.495 e. The quantitative estimate of drug-likeness (QED) is 0.910. The highest BCUT2D eigenvalue weighted by molar-refractivity contribution is 5.59. The van der Waals surface area contributed by atoms with Crippen molar-refractivity contribution in [1.29, 1.82) is 0 Å². The van der Waals surface area contributed by atoms with Crippen molar-refractivity contribution in [1.82, 2.24) is 4.98 Å². The van der Waals surface area contributed by atoms with Gasteiger partial charge in [0.15, 0.2) is 0 Å². The van der Waals surface area contributed by atoms with Gasteiger partial charge in [-0.05, 0) is 55.5 Å². The monoisotopic (exact) mass is 284 g/mol. The molecule has 0 amide bonds. The number of aryl methyl sites for hydroxylation is 2. The summed E-state index contributed by atoms with van der Waals surface area (Å²) in [5, 5.41) is 3.57. The number of hydrogen-bond donors (Lipinski definition) is 2. The van der Waals surface area contributed by atoms with Crippen molar-refractivity contribution in [3.63, 3.8) is 0 Å². The number of aromatic nitrogens is 1. The molecule has 1 aromatic carbocycles. The maximum absolute atomic E-state index is 11.5. The smallest absolute Gasteiger partial charge is 0.248 e. The first-order chi connectivity index (χ1) is 10.2. The molecule has 0 bridgehead atoms. The molecule has 0 fully saturated rings. The fourth-order valence-electron chi connectivity index (χ4n) is 2.97. The van der Waals surface area contributed by atoms with Crippen LogP contribution in [0.3, 0.4) is 0 Å². The van der Waals surface area contributed by atoms with Crippen LogP contribution >= 0.6 is 0 Å². The summed E-state index contributed by atoms with van der Waals surface area (Å²) in [6, 6.07) is 9.87. The zero-order valence-electron chi connectivity index (χ0n) is 12.4. The zero-order chi connectivity index (χ0) is 14.8. The Morgan fingerprint density at radius 1 is 1.29 bits per heavy atom. The molecule has 2 N–H and O–H groups in total. The van der Waals surface area contributed by atoms with E-state index in [1.807, 2.05) is 18.2 Å². The van der Waals surface area contributed by atoms with E-state index in [0.717, 1.165) is 36.4 Å². The molecule has 0 radical (unpaired) electrons. The number of benzene rings is 1. The number of nitrogens with one attached hydrogen (secondary N) is 2. The molecule has 1 unspecified atom stereocenters. The lowest BCUT2D eigenvalue weighted by molar-refractivity contribution is 0.415. The van der Waals surface area contributed by atoms with Gasteiger partial charge in [-0.25, -0.2) is 0 Å². The summed E-state index contributed by atoms with van der Waals surface area (Å²) in [4.78, 5) is 14.4. The normalized spacial score (nSPS) is 17.1. The van der Waals surface area contributed by atoms with Crippen LogP contribution < -0.4 is 15.6 Å². The predicted molar refractivity (Wildman–Crippen MR) is 84.1 cm³/mol. The Labute approximate surface area is 124 Å². The van der Waals surface area contributed by atoms with Gasteiger partial charge in [0.05, 0.1) is 18.8 Å². The molecule has 1 aromatic heterocycles. The minimum absolute atomic E-state index is 0.0254. The third-order valence-corrected chi connectivity index (χ3v) is 4.02. The van der Waals surface area contributed by atoms with Gasteiger partial charge in [-0.3, -0.25) is 4.79 Å². The van der Waals surface area contributed by atoms with Crippen LogP contribution in [0.2, 0.25) is 0 Å². The molecule has 21 heavy (non-hydrogen) atoms. The summed E-state index contributed by atoms with van der Waals surface area (Å²) in [5.74, 6) is 0.845. The van der Waals surface area contributed by atoms with Crippen molar-refractivity contribution in [2.45, 2.75) is 32.2 Å². The molecular weight excluding hydrogens is 264 g/mol. The van der Waals surface area contributed by atoms with E-state index >= 15 is 0 Å². The number of fused-ring (bicyclic) bond motifs is 1. The number of anilines is 1. The molecule has 2 aromatic rings. The second-order valence-corrected chi connectivity index (χ2v) is 5.55. The lowest BCUT2D eigenvalue weighted by Gasteiger charge is -2.27. The summed E-state index contributed by atoms with van der Waals surface area (Å²) in [6.07, 6.45) is 3.06. The lowest BCUT2D eigenvalue weighted by Crippen LogP contribution is -2.21. The lowest BCUT2D eigenvalue weighted by atomic mass is 9.91. The topological polar surface area (TPSA) is 54.1 Å². The molecule has 0 saturated heterocycles. The molecule has 0 saturated carbocycles. The van der Waals surface area contributed by atoms with E-state index in [-0.39, 0.29) is 11.6 Å². The molecule has 1 atom stereocenters. The second-order valence-electron chi connectivity index (χ2n) is 5.55. The number of aromatic amines is 1. The molecule has 0 aliphatic heterocycles. The maximum atomic E-state index is 11.5. The molecule has 0 spiro atoms. The van der Waals surface area contributed by atoms with E-state index in [0.29, 0.717) is 0 Å². The molecule has 1 aliphatic rings. The first-order valence-electron chi connectivity index (χ1n) is 7.30. The molecular formula is C17H20N2O2. The summed E-state index contributed by atoms with van der Waals surface area (Å²) < 4.78 is 5.43. The van der Waals surface area contributed by atoms with Crippen LogP contribution in [0, 0.1) is 6.92 Å². The van der Waals surface area contributed by atoms with Crippen LogP contribution in [0.25, 0.3) is 0 Å². The zero-order valence-corrected chi connectivity index (χ0v) is 12.4. The van der Waals surface area contributed by atoms with Crippen LogP contribution in [-0.2, 0) is 6.42 Å². The van der Waals surface area contributed by atoms with Crippen LogP contribution in [0.4, 0.5) is 5.69 Å². The molecule has 110 valence electrons. The third kappa shape index (κ3) is 2.79. The minimum atomic E-state index is -0.0254.